The van der Waals surface area contributed by atoms with Crippen LogP contribution in [0.1, 0.15) is 46.5 Å². The molecule has 1 aliphatic carbocycles. The maximum Gasteiger partial charge on any atom is 0.159 e. The van der Waals surface area contributed by atoms with Crippen LogP contribution in [0.3, 0.4) is 0 Å². The van der Waals surface area contributed by atoms with E-state index in [2.05, 4.69) is 21.9 Å². The molecule has 116 valence electrons. The van der Waals surface area contributed by atoms with Gasteiger partial charge < -0.3 is 10.9 Å². The molecule has 20 heavy (non-hydrogen) atoms. The van der Waals surface area contributed by atoms with Crippen molar-refractivity contribution in [1.29, 1.82) is 0 Å². The summed E-state index contributed by atoms with van der Waals surface area (Å²) < 4.78 is 0. The summed E-state index contributed by atoms with van der Waals surface area (Å²) in [6, 6.07) is 0.778. The Bertz CT molecular complexity index is 340. The van der Waals surface area contributed by atoms with Crippen LogP contribution >= 0.6 is 0 Å². The van der Waals surface area contributed by atoms with Gasteiger partial charge in [0.15, 0.2) is 5.84 Å². The zero-order valence-electron chi connectivity index (χ0n) is 13.2. The molecule has 2 rings (SSSR count). The second kappa shape index (κ2) is 6.31. The van der Waals surface area contributed by atoms with E-state index in [1.807, 2.05) is 13.8 Å². The Balaban J connectivity index is 1.86. The Morgan fingerprint density at radius 3 is 2.15 bits per heavy atom. The van der Waals surface area contributed by atoms with E-state index in [9.17, 15) is 0 Å². The third-order valence-electron chi connectivity index (χ3n) is 5.34. The summed E-state index contributed by atoms with van der Waals surface area (Å²) in [4.78, 5) is 4.97. The standard InChI is InChI=1S/C15H30N4O/c1-12-4-6-13(7-5-12)18-8-10-19(11-9-18)15(2,3)14(16)17-20/h12-13,20H,4-11H2,1-3H3,(H2,16,17). The molecule has 0 unspecified atom stereocenters. The predicted molar refractivity (Wildman–Crippen MR) is 82.1 cm³/mol. The molecule has 1 aliphatic heterocycles. The highest BCUT2D eigenvalue weighted by Crippen LogP contribution is 2.28. The van der Waals surface area contributed by atoms with E-state index in [1.54, 1.807) is 0 Å². The van der Waals surface area contributed by atoms with Crippen molar-refractivity contribution in [2.75, 3.05) is 26.2 Å². The maximum atomic E-state index is 8.91. The molecule has 0 radical (unpaired) electrons. The minimum Gasteiger partial charge on any atom is -0.409 e. The molecule has 0 bridgehead atoms. The molecule has 5 nitrogen and oxygen atoms in total. The highest BCUT2D eigenvalue weighted by Gasteiger charge is 2.35. The minimum atomic E-state index is -0.359. The van der Waals surface area contributed by atoms with Crippen molar-refractivity contribution in [2.24, 2.45) is 16.8 Å². The van der Waals surface area contributed by atoms with E-state index in [0.29, 0.717) is 5.84 Å². The fourth-order valence-corrected chi connectivity index (χ4v) is 3.54. The first-order valence-electron chi connectivity index (χ1n) is 7.92. The zero-order chi connectivity index (χ0) is 14.8. The van der Waals surface area contributed by atoms with Gasteiger partial charge in [0.2, 0.25) is 0 Å². The van der Waals surface area contributed by atoms with E-state index in [0.717, 1.165) is 38.1 Å². The van der Waals surface area contributed by atoms with Crippen LogP contribution in [0, 0.1) is 5.92 Å². The quantitative estimate of drug-likeness (QED) is 0.358. The number of hydrogen-bond acceptors (Lipinski definition) is 4. The van der Waals surface area contributed by atoms with Crippen LogP contribution in [-0.4, -0.2) is 58.6 Å². The van der Waals surface area contributed by atoms with E-state index in [-0.39, 0.29) is 5.54 Å². The first kappa shape index (κ1) is 15.6. The maximum absolute atomic E-state index is 8.91. The van der Waals surface area contributed by atoms with Crippen molar-refractivity contribution in [3.8, 4) is 0 Å². The lowest BCUT2D eigenvalue weighted by Crippen LogP contribution is -2.61. The lowest BCUT2D eigenvalue weighted by molar-refractivity contribution is 0.0436. The summed E-state index contributed by atoms with van der Waals surface area (Å²) in [6.45, 7) is 10.6. The van der Waals surface area contributed by atoms with Gasteiger partial charge in [0, 0.05) is 32.2 Å². The molecule has 3 N–H and O–H groups in total. The summed E-state index contributed by atoms with van der Waals surface area (Å²) in [7, 11) is 0. The largest absolute Gasteiger partial charge is 0.409 e. The molecule has 1 saturated heterocycles. The van der Waals surface area contributed by atoms with E-state index >= 15 is 0 Å². The highest BCUT2D eigenvalue weighted by molar-refractivity contribution is 5.88. The SMILES string of the molecule is CC1CCC(N2CCN(C(C)(C)C(N)=NO)CC2)CC1. The Morgan fingerprint density at radius 2 is 1.65 bits per heavy atom. The molecule has 5 heteroatoms. The number of amidine groups is 1. The molecule has 2 fully saturated rings. The topological polar surface area (TPSA) is 65.1 Å². The first-order chi connectivity index (χ1) is 9.45. The van der Waals surface area contributed by atoms with Gasteiger partial charge in [-0.05, 0) is 45.4 Å². The van der Waals surface area contributed by atoms with E-state index in [1.165, 1.54) is 25.7 Å². The molecular weight excluding hydrogens is 252 g/mol. The number of hydrogen-bond donors (Lipinski definition) is 2. The monoisotopic (exact) mass is 282 g/mol. The molecule has 0 amide bonds. The average Bonchev–Trinajstić information content (AvgIpc) is 2.47. The lowest BCUT2D eigenvalue weighted by Gasteiger charge is -2.46. The third kappa shape index (κ3) is 3.26. The van der Waals surface area contributed by atoms with Crippen LogP contribution in [0.25, 0.3) is 0 Å². The van der Waals surface area contributed by atoms with Gasteiger partial charge in [-0.1, -0.05) is 12.1 Å². The van der Waals surface area contributed by atoms with Crippen molar-refractivity contribution in [2.45, 2.75) is 58.0 Å². The molecule has 2 aliphatic rings. The van der Waals surface area contributed by atoms with Gasteiger partial charge in [0.1, 0.15) is 0 Å². The molecule has 0 aromatic carbocycles. The van der Waals surface area contributed by atoms with Crippen molar-refractivity contribution in [1.82, 2.24) is 9.80 Å². The van der Waals surface area contributed by atoms with Crippen molar-refractivity contribution in [3.63, 3.8) is 0 Å². The van der Waals surface area contributed by atoms with Crippen LogP contribution < -0.4 is 5.73 Å². The Kier molecular flexibility index (Phi) is 4.91. The van der Waals surface area contributed by atoms with Gasteiger partial charge in [-0.15, -0.1) is 0 Å². The summed E-state index contributed by atoms with van der Waals surface area (Å²) in [5, 5.41) is 12.1. The van der Waals surface area contributed by atoms with Gasteiger partial charge in [-0.3, -0.25) is 9.80 Å². The van der Waals surface area contributed by atoms with Crippen molar-refractivity contribution < 1.29 is 5.21 Å². The Hall–Kier alpha value is -0.810. The predicted octanol–water partition coefficient (Wildman–Crippen LogP) is 1.71. The number of oxime groups is 1. The van der Waals surface area contributed by atoms with E-state index in [4.69, 9.17) is 10.9 Å². The van der Waals surface area contributed by atoms with Gasteiger partial charge >= 0.3 is 0 Å². The second-order valence-corrected chi connectivity index (χ2v) is 6.98. The summed E-state index contributed by atoms with van der Waals surface area (Å²) in [5.41, 5.74) is 5.46. The smallest absolute Gasteiger partial charge is 0.159 e. The molecule has 1 saturated carbocycles. The summed E-state index contributed by atoms with van der Waals surface area (Å²) in [6.07, 6.45) is 5.45. The second-order valence-electron chi connectivity index (χ2n) is 6.98. The molecule has 1 heterocycles. The van der Waals surface area contributed by atoms with Gasteiger partial charge in [-0.25, -0.2) is 0 Å². The highest BCUT2D eigenvalue weighted by atomic mass is 16.4. The fraction of sp³-hybridized carbons (Fsp3) is 0.933. The number of rotatable bonds is 3. The van der Waals surface area contributed by atoms with Crippen LogP contribution in [0.4, 0.5) is 0 Å². The van der Waals surface area contributed by atoms with Crippen LogP contribution in [0.5, 0.6) is 0 Å². The number of nitrogens with zero attached hydrogens (tertiary/aromatic N) is 3. The van der Waals surface area contributed by atoms with Crippen molar-refractivity contribution >= 4 is 5.84 Å². The third-order valence-corrected chi connectivity index (χ3v) is 5.34. The van der Waals surface area contributed by atoms with Gasteiger partial charge in [0.05, 0.1) is 5.54 Å². The molecular formula is C15H30N4O. The number of piperazine rings is 1. The molecule has 0 atom stereocenters. The van der Waals surface area contributed by atoms with Crippen LogP contribution in [0.2, 0.25) is 0 Å². The van der Waals surface area contributed by atoms with Gasteiger partial charge in [0.25, 0.3) is 0 Å². The first-order valence-corrected chi connectivity index (χ1v) is 7.92. The Labute approximate surface area is 122 Å². The fourth-order valence-electron chi connectivity index (χ4n) is 3.54. The van der Waals surface area contributed by atoms with Crippen LogP contribution in [0.15, 0.2) is 5.16 Å². The molecule has 0 aromatic rings. The van der Waals surface area contributed by atoms with Crippen LogP contribution in [-0.2, 0) is 0 Å². The minimum absolute atomic E-state index is 0.303. The average molecular weight is 282 g/mol. The number of nitrogens with two attached hydrogens (primary N) is 1. The zero-order valence-corrected chi connectivity index (χ0v) is 13.2. The van der Waals surface area contributed by atoms with E-state index < -0.39 is 0 Å². The summed E-state index contributed by atoms with van der Waals surface area (Å²) in [5.74, 6) is 1.21. The lowest BCUT2D eigenvalue weighted by atomic mass is 9.86. The Morgan fingerprint density at radius 1 is 1.10 bits per heavy atom. The van der Waals surface area contributed by atoms with Crippen molar-refractivity contribution in [3.05, 3.63) is 0 Å². The van der Waals surface area contributed by atoms with Gasteiger partial charge in [-0.2, -0.15) is 0 Å². The normalized spacial score (nSPS) is 31.4. The summed E-state index contributed by atoms with van der Waals surface area (Å²) >= 11 is 0. The molecule has 0 aromatic heterocycles. The molecule has 0 spiro atoms.